The lowest BCUT2D eigenvalue weighted by Gasteiger charge is -2.27. The fourth-order valence-electron chi connectivity index (χ4n) is 2.59. The molecule has 0 radical (unpaired) electrons. The quantitative estimate of drug-likeness (QED) is 0.827. The van der Waals surface area contributed by atoms with Crippen molar-refractivity contribution in [3.05, 3.63) is 29.8 Å². The first-order chi connectivity index (χ1) is 7.68. The minimum atomic E-state index is 0.342. The highest BCUT2D eigenvalue weighted by molar-refractivity contribution is 5.79. The predicted molar refractivity (Wildman–Crippen MR) is 63.5 cm³/mol. The molecule has 0 saturated heterocycles. The first kappa shape index (κ1) is 11.2. The smallest absolute Gasteiger partial charge is 0.132 e. The molecular weight excluding hydrogens is 200 g/mol. The molecule has 0 aromatic heterocycles. The van der Waals surface area contributed by atoms with E-state index in [4.69, 9.17) is 0 Å². The molecule has 16 heavy (non-hydrogen) atoms. The van der Waals surface area contributed by atoms with E-state index in [0.717, 1.165) is 18.4 Å². The van der Waals surface area contributed by atoms with Crippen molar-refractivity contribution in [2.75, 3.05) is 0 Å². The third kappa shape index (κ3) is 2.26. The summed E-state index contributed by atoms with van der Waals surface area (Å²) in [7, 11) is 0. The van der Waals surface area contributed by atoms with Crippen molar-refractivity contribution in [1.29, 1.82) is 0 Å². The summed E-state index contributed by atoms with van der Waals surface area (Å²) in [5.74, 6) is 1.65. The number of aromatic hydroxyl groups is 1. The molecule has 1 unspecified atom stereocenters. The van der Waals surface area contributed by atoms with Gasteiger partial charge in [-0.05, 0) is 36.3 Å². The van der Waals surface area contributed by atoms with E-state index in [9.17, 15) is 9.90 Å². The summed E-state index contributed by atoms with van der Waals surface area (Å²) in [6, 6.07) is 7.52. The van der Waals surface area contributed by atoms with Crippen LogP contribution in [0.5, 0.6) is 5.75 Å². The SMILES string of the molecule is CC(c1ccccc1O)C1CCC(=O)CC1. The maximum absolute atomic E-state index is 11.2. The number of Topliss-reactive ketones (excluding diaryl/α,β-unsaturated/α-hetero) is 1. The Morgan fingerprint density at radius 3 is 2.50 bits per heavy atom. The second-order valence-corrected chi connectivity index (χ2v) is 4.72. The van der Waals surface area contributed by atoms with Gasteiger partial charge in [0.1, 0.15) is 11.5 Å². The Morgan fingerprint density at radius 1 is 1.25 bits per heavy atom. The molecular formula is C14H18O2. The number of rotatable bonds is 2. The molecule has 0 heterocycles. The average molecular weight is 218 g/mol. The first-order valence-corrected chi connectivity index (χ1v) is 5.98. The molecule has 2 rings (SSSR count). The van der Waals surface area contributed by atoms with Gasteiger partial charge in [0.05, 0.1) is 0 Å². The predicted octanol–water partition coefficient (Wildman–Crippen LogP) is 3.26. The van der Waals surface area contributed by atoms with E-state index in [1.54, 1.807) is 6.07 Å². The van der Waals surface area contributed by atoms with Crippen LogP contribution in [-0.4, -0.2) is 10.9 Å². The summed E-state index contributed by atoms with van der Waals surface area (Å²) >= 11 is 0. The van der Waals surface area contributed by atoms with Crippen LogP contribution in [0.1, 0.15) is 44.1 Å². The Balaban J connectivity index is 2.10. The van der Waals surface area contributed by atoms with Crippen LogP contribution in [0.3, 0.4) is 0 Å². The van der Waals surface area contributed by atoms with Gasteiger partial charge in [0, 0.05) is 12.8 Å². The van der Waals surface area contributed by atoms with Crippen LogP contribution in [0.4, 0.5) is 0 Å². The number of benzene rings is 1. The van der Waals surface area contributed by atoms with Crippen LogP contribution in [-0.2, 0) is 4.79 Å². The number of carbonyl (C=O) groups is 1. The molecule has 1 aliphatic carbocycles. The van der Waals surface area contributed by atoms with E-state index in [-0.39, 0.29) is 0 Å². The van der Waals surface area contributed by atoms with Gasteiger partial charge in [0.2, 0.25) is 0 Å². The van der Waals surface area contributed by atoms with Crippen molar-refractivity contribution in [1.82, 2.24) is 0 Å². The lowest BCUT2D eigenvalue weighted by Crippen LogP contribution is -2.18. The second-order valence-electron chi connectivity index (χ2n) is 4.72. The zero-order valence-electron chi connectivity index (χ0n) is 9.65. The van der Waals surface area contributed by atoms with Crippen LogP contribution < -0.4 is 0 Å². The molecule has 1 aromatic rings. The van der Waals surface area contributed by atoms with Gasteiger partial charge < -0.3 is 5.11 Å². The summed E-state index contributed by atoms with van der Waals surface area (Å²) < 4.78 is 0. The number of para-hydroxylation sites is 1. The fraction of sp³-hybridized carbons (Fsp3) is 0.500. The molecule has 1 saturated carbocycles. The summed E-state index contributed by atoms with van der Waals surface area (Å²) in [5.41, 5.74) is 1.02. The van der Waals surface area contributed by atoms with Gasteiger partial charge in [-0.15, -0.1) is 0 Å². The topological polar surface area (TPSA) is 37.3 Å². The van der Waals surface area contributed by atoms with E-state index in [2.05, 4.69) is 6.92 Å². The largest absolute Gasteiger partial charge is 0.508 e. The number of phenolic OH excluding ortho intramolecular Hbond substituents is 1. The van der Waals surface area contributed by atoms with Gasteiger partial charge in [0.25, 0.3) is 0 Å². The van der Waals surface area contributed by atoms with E-state index in [1.807, 2.05) is 18.2 Å². The standard InChI is InChI=1S/C14H18O2/c1-10(11-6-8-12(15)9-7-11)13-4-2-3-5-14(13)16/h2-5,10-11,16H,6-9H2,1H3. The van der Waals surface area contributed by atoms with Crippen molar-refractivity contribution < 1.29 is 9.90 Å². The Labute approximate surface area is 96.3 Å². The maximum Gasteiger partial charge on any atom is 0.132 e. The molecule has 1 fully saturated rings. The third-order valence-electron chi connectivity index (χ3n) is 3.72. The number of hydrogen-bond donors (Lipinski definition) is 1. The summed E-state index contributed by atoms with van der Waals surface area (Å²) in [4.78, 5) is 11.2. The van der Waals surface area contributed by atoms with Crippen LogP contribution in [0, 0.1) is 5.92 Å². The highest BCUT2D eigenvalue weighted by Crippen LogP contribution is 2.37. The Kier molecular flexibility index (Phi) is 3.28. The van der Waals surface area contributed by atoms with Gasteiger partial charge in [-0.25, -0.2) is 0 Å². The lowest BCUT2D eigenvalue weighted by atomic mass is 9.77. The van der Waals surface area contributed by atoms with E-state index in [0.29, 0.717) is 36.2 Å². The van der Waals surface area contributed by atoms with Crippen molar-refractivity contribution >= 4 is 5.78 Å². The Hall–Kier alpha value is -1.31. The molecule has 0 spiro atoms. The normalized spacial score (nSPS) is 19.7. The summed E-state index contributed by atoms with van der Waals surface area (Å²) in [6.45, 7) is 2.15. The zero-order valence-corrected chi connectivity index (χ0v) is 9.65. The van der Waals surface area contributed by atoms with Crippen LogP contribution in [0.2, 0.25) is 0 Å². The van der Waals surface area contributed by atoms with Gasteiger partial charge in [-0.3, -0.25) is 4.79 Å². The van der Waals surface area contributed by atoms with E-state index in [1.165, 1.54) is 0 Å². The highest BCUT2D eigenvalue weighted by Gasteiger charge is 2.25. The number of ketones is 1. The minimum Gasteiger partial charge on any atom is -0.508 e. The summed E-state index contributed by atoms with van der Waals surface area (Å²) in [6.07, 6.45) is 3.36. The van der Waals surface area contributed by atoms with E-state index >= 15 is 0 Å². The van der Waals surface area contributed by atoms with Gasteiger partial charge in [-0.2, -0.15) is 0 Å². The molecule has 86 valence electrons. The fourth-order valence-corrected chi connectivity index (χ4v) is 2.59. The highest BCUT2D eigenvalue weighted by atomic mass is 16.3. The molecule has 1 atom stereocenters. The number of hydrogen-bond acceptors (Lipinski definition) is 2. The molecule has 2 nitrogen and oxygen atoms in total. The van der Waals surface area contributed by atoms with Crippen molar-refractivity contribution in [3.63, 3.8) is 0 Å². The van der Waals surface area contributed by atoms with E-state index < -0.39 is 0 Å². The second kappa shape index (κ2) is 4.69. The third-order valence-corrected chi connectivity index (χ3v) is 3.72. The number of phenols is 1. The molecule has 1 N–H and O–H groups in total. The van der Waals surface area contributed by atoms with Gasteiger partial charge in [-0.1, -0.05) is 25.1 Å². The monoisotopic (exact) mass is 218 g/mol. The maximum atomic E-state index is 11.2. The molecule has 1 aliphatic rings. The zero-order chi connectivity index (χ0) is 11.5. The Morgan fingerprint density at radius 2 is 1.88 bits per heavy atom. The van der Waals surface area contributed by atoms with Gasteiger partial charge >= 0.3 is 0 Å². The lowest BCUT2D eigenvalue weighted by molar-refractivity contribution is -0.121. The number of carbonyl (C=O) groups excluding carboxylic acids is 1. The van der Waals surface area contributed by atoms with Crippen LogP contribution >= 0.6 is 0 Å². The van der Waals surface area contributed by atoms with Crippen molar-refractivity contribution in [3.8, 4) is 5.75 Å². The molecule has 2 heteroatoms. The average Bonchev–Trinajstić information content (AvgIpc) is 2.30. The molecule has 1 aromatic carbocycles. The summed E-state index contributed by atoms with van der Waals surface area (Å²) in [5, 5.41) is 9.80. The molecule has 0 amide bonds. The van der Waals surface area contributed by atoms with Crippen molar-refractivity contribution in [2.24, 2.45) is 5.92 Å². The minimum absolute atomic E-state index is 0.342. The first-order valence-electron chi connectivity index (χ1n) is 5.98. The van der Waals surface area contributed by atoms with Crippen LogP contribution in [0.25, 0.3) is 0 Å². The van der Waals surface area contributed by atoms with Gasteiger partial charge in [0.15, 0.2) is 0 Å². The van der Waals surface area contributed by atoms with Crippen molar-refractivity contribution in [2.45, 2.75) is 38.5 Å². The Bertz CT molecular complexity index is 374. The molecule has 0 aliphatic heterocycles. The molecule has 0 bridgehead atoms. The van der Waals surface area contributed by atoms with Crippen LogP contribution in [0.15, 0.2) is 24.3 Å².